The van der Waals surface area contributed by atoms with Crippen LogP contribution < -0.4 is 5.32 Å². The Bertz CT molecular complexity index is 738. The first-order valence-electron chi connectivity index (χ1n) is 6.01. The fraction of sp³-hybridized carbons (Fsp3) is 0.0667. The molecule has 1 aliphatic heterocycles. The van der Waals surface area contributed by atoms with E-state index >= 15 is 0 Å². The van der Waals surface area contributed by atoms with Crippen molar-refractivity contribution >= 4 is 57.2 Å². The topological polar surface area (TPSA) is 41.5 Å². The lowest BCUT2D eigenvalue weighted by atomic mass is 10.1. The van der Waals surface area contributed by atoms with Gasteiger partial charge in [0.2, 0.25) is 0 Å². The number of carbonyl (C=O) groups excluding carboxylic acids is 1. The molecular formula is C15H10ClIN2O. The van der Waals surface area contributed by atoms with Crippen LogP contribution in [0, 0.1) is 10.5 Å². The minimum atomic E-state index is -0.213. The number of benzene rings is 2. The van der Waals surface area contributed by atoms with Crippen LogP contribution in [0.25, 0.3) is 0 Å². The number of nitrogens with one attached hydrogen (secondary N) is 1. The van der Waals surface area contributed by atoms with Crippen LogP contribution in [-0.4, -0.2) is 11.6 Å². The van der Waals surface area contributed by atoms with Gasteiger partial charge in [0, 0.05) is 9.13 Å². The van der Waals surface area contributed by atoms with Crippen LogP contribution in [0.1, 0.15) is 11.1 Å². The lowest BCUT2D eigenvalue weighted by molar-refractivity contribution is -0.110. The summed E-state index contributed by atoms with van der Waals surface area (Å²) in [4.78, 5) is 16.5. The molecule has 2 aromatic rings. The lowest BCUT2D eigenvalue weighted by Crippen LogP contribution is -2.14. The Morgan fingerprint density at radius 3 is 2.55 bits per heavy atom. The van der Waals surface area contributed by atoms with Gasteiger partial charge in [0.25, 0.3) is 5.91 Å². The third-order valence-electron chi connectivity index (χ3n) is 3.12. The summed E-state index contributed by atoms with van der Waals surface area (Å²) in [6, 6.07) is 11.3. The van der Waals surface area contributed by atoms with E-state index in [4.69, 9.17) is 11.6 Å². The second-order valence-electron chi connectivity index (χ2n) is 4.51. The molecule has 0 radical (unpaired) electrons. The van der Waals surface area contributed by atoms with E-state index < -0.39 is 0 Å². The molecule has 0 saturated heterocycles. The summed E-state index contributed by atoms with van der Waals surface area (Å²) in [6.07, 6.45) is 0. The van der Waals surface area contributed by atoms with Crippen molar-refractivity contribution in [3.63, 3.8) is 0 Å². The van der Waals surface area contributed by atoms with Gasteiger partial charge in [0.05, 0.1) is 16.4 Å². The summed E-state index contributed by atoms with van der Waals surface area (Å²) in [6.45, 7) is 1.93. The molecule has 2 aromatic carbocycles. The van der Waals surface area contributed by atoms with Crippen molar-refractivity contribution in [1.82, 2.24) is 0 Å². The van der Waals surface area contributed by atoms with E-state index in [1.807, 2.05) is 37.3 Å². The maximum Gasteiger partial charge on any atom is 0.275 e. The number of hydrogen-bond donors (Lipinski definition) is 1. The second kappa shape index (κ2) is 5.18. The Kier molecular flexibility index (Phi) is 3.52. The summed E-state index contributed by atoms with van der Waals surface area (Å²) in [7, 11) is 0. The van der Waals surface area contributed by atoms with E-state index in [9.17, 15) is 4.79 Å². The van der Waals surface area contributed by atoms with Gasteiger partial charge in [-0.05, 0) is 65.4 Å². The smallest absolute Gasteiger partial charge is 0.275 e. The zero-order chi connectivity index (χ0) is 14.3. The third-order valence-corrected chi connectivity index (χ3v) is 4.15. The fourth-order valence-corrected chi connectivity index (χ4v) is 2.72. The first kappa shape index (κ1) is 13.6. The van der Waals surface area contributed by atoms with Crippen molar-refractivity contribution < 1.29 is 4.79 Å². The van der Waals surface area contributed by atoms with Crippen LogP contribution in [0.2, 0.25) is 5.02 Å². The molecule has 0 aliphatic carbocycles. The third kappa shape index (κ3) is 2.33. The highest BCUT2D eigenvalue weighted by Crippen LogP contribution is 2.34. The van der Waals surface area contributed by atoms with Gasteiger partial charge in [-0.15, -0.1) is 0 Å². The molecule has 1 N–H and O–H groups in total. The molecule has 3 nitrogen and oxygen atoms in total. The maximum atomic E-state index is 12.1. The number of hydrogen-bond acceptors (Lipinski definition) is 2. The van der Waals surface area contributed by atoms with Gasteiger partial charge in [-0.25, -0.2) is 4.99 Å². The number of aliphatic imine (C=N–C) groups is 1. The van der Waals surface area contributed by atoms with Crippen LogP contribution in [0.4, 0.5) is 11.4 Å². The van der Waals surface area contributed by atoms with E-state index in [0.717, 1.165) is 20.5 Å². The molecule has 1 aliphatic rings. The molecule has 0 bridgehead atoms. The van der Waals surface area contributed by atoms with Gasteiger partial charge in [0.1, 0.15) is 5.71 Å². The molecule has 0 unspecified atom stereocenters. The predicted octanol–water partition coefficient (Wildman–Crippen LogP) is 4.33. The summed E-state index contributed by atoms with van der Waals surface area (Å²) in [5, 5.41) is 3.37. The molecule has 100 valence electrons. The van der Waals surface area contributed by atoms with Gasteiger partial charge in [-0.3, -0.25) is 4.79 Å². The van der Waals surface area contributed by atoms with Crippen molar-refractivity contribution in [2.45, 2.75) is 6.92 Å². The van der Waals surface area contributed by atoms with Crippen molar-refractivity contribution in [3.05, 3.63) is 56.1 Å². The average Bonchev–Trinajstić information content (AvgIpc) is 2.75. The van der Waals surface area contributed by atoms with Crippen molar-refractivity contribution in [1.29, 1.82) is 0 Å². The summed E-state index contributed by atoms with van der Waals surface area (Å²) < 4.78 is 1.12. The zero-order valence-electron chi connectivity index (χ0n) is 10.6. The van der Waals surface area contributed by atoms with Crippen molar-refractivity contribution in [2.24, 2.45) is 4.99 Å². The van der Waals surface area contributed by atoms with Gasteiger partial charge >= 0.3 is 0 Å². The normalized spacial score (nSPS) is 15.3. The van der Waals surface area contributed by atoms with Crippen LogP contribution in [0.3, 0.4) is 0 Å². The predicted molar refractivity (Wildman–Crippen MR) is 90.2 cm³/mol. The highest BCUT2D eigenvalue weighted by molar-refractivity contribution is 14.1. The first-order chi connectivity index (χ1) is 9.56. The Balaban J connectivity index is 2.15. The van der Waals surface area contributed by atoms with Gasteiger partial charge in [-0.1, -0.05) is 17.7 Å². The maximum absolute atomic E-state index is 12.1. The minimum Gasteiger partial charge on any atom is -0.320 e. The quantitative estimate of drug-likeness (QED) is 0.717. The van der Waals surface area contributed by atoms with E-state index in [-0.39, 0.29) is 5.91 Å². The van der Waals surface area contributed by atoms with Crippen LogP contribution in [0.5, 0.6) is 0 Å². The lowest BCUT2D eigenvalue weighted by Gasteiger charge is -2.04. The molecule has 20 heavy (non-hydrogen) atoms. The van der Waals surface area contributed by atoms with Crippen LogP contribution in [0.15, 0.2) is 41.4 Å². The Hall–Kier alpha value is -1.40. The number of aryl methyl sites for hydroxylation is 1. The monoisotopic (exact) mass is 396 g/mol. The SMILES string of the molecule is Cc1ccc(Cl)c2c1NC(=O)C2=Nc1ccc(I)cc1. The standard InChI is InChI=1S/C15H10ClIN2O/c1-8-2-7-11(16)12-13(8)19-15(20)14(12)18-10-5-3-9(17)4-6-10/h2-7H,1H3,(H,18,19,20). The molecule has 0 saturated carbocycles. The molecule has 1 heterocycles. The van der Waals surface area contributed by atoms with E-state index in [1.54, 1.807) is 6.07 Å². The highest BCUT2D eigenvalue weighted by atomic mass is 127. The van der Waals surface area contributed by atoms with Crippen LogP contribution in [-0.2, 0) is 4.79 Å². The number of fused-ring (bicyclic) bond motifs is 1. The number of amides is 1. The molecule has 0 fully saturated rings. The number of nitrogens with zero attached hydrogens (tertiary/aromatic N) is 1. The molecular weight excluding hydrogens is 387 g/mol. The Labute approximate surface area is 135 Å². The highest BCUT2D eigenvalue weighted by Gasteiger charge is 2.29. The summed E-state index contributed by atoms with van der Waals surface area (Å²) >= 11 is 8.45. The van der Waals surface area contributed by atoms with Crippen molar-refractivity contribution in [2.75, 3.05) is 5.32 Å². The summed E-state index contributed by atoms with van der Waals surface area (Å²) in [5.74, 6) is -0.213. The second-order valence-corrected chi connectivity index (χ2v) is 6.16. The zero-order valence-corrected chi connectivity index (χ0v) is 13.5. The summed E-state index contributed by atoms with van der Waals surface area (Å²) in [5.41, 5.74) is 3.53. The van der Waals surface area contributed by atoms with Gasteiger partial charge in [-0.2, -0.15) is 0 Å². The molecule has 0 spiro atoms. The Morgan fingerprint density at radius 1 is 1.15 bits per heavy atom. The number of rotatable bonds is 1. The first-order valence-corrected chi connectivity index (χ1v) is 7.47. The van der Waals surface area contributed by atoms with E-state index in [0.29, 0.717) is 16.3 Å². The fourth-order valence-electron chi connectivity index (χ4n) is 2.11. The molecule has 0 atom stereocenters. The molecule has 5 heteroatoms. The number of anilines is 1. The molecule has 1 amide bonds. The van der Waals surface area contributed by atoms with Crippen molar-refractivity contribution in [3.8, 4) is 0 Å². The number of carbonyl (C=O) groups is 1. The largest absolute Gasteiger partial charge is 0.320 e. The average molecular weight is 397 g/mol. The van der Waals surface area contributed by atoms with Gasteiger partial charge < -0.3 is 5.32 Å². The molecule has 3 rings (SSSR count). The Morgan fingerprint density at radius 2 is 1.85 bits per heavy atom. The van der Waals surface area contributed by atoms with E-state index in [1.165, 1.54) is 0 Å². The van der Waals surface area contributed by atoms with Crippen LogP contribution >= 0.6 is 34.2 Å². The van der Waals surface area contributed by atoms with E-state index in [2.05, 4.69) is 32.9 Å². The minimum absolute atomic E-state index is 0.213. The molecule has 0 aromatic heterocycles. The van der Waals surface area contributed by atoms with Gasteiger partial charge in [0.15, 0.2) is 0 Å². The number of halogens is 2.